The Morgan fingerprint density at radius 2 is 1.76 bits per heavy atom. The molecular weight excluding hydrogens is 472 g/mol. The number of amides is 1. The fourth-order valence-corrected chi connectivity index (χ4v) is 6.36. The van der Waals surface area contributed by atoms with E-state index in [1.54, 1.807) is 16.7 Å². The predicted octanol–water partition coefficient (Wildman–Crippen LogP) is 3.53. The molecule has 1 aromatic heterocycles. The van der Waals surface area contributed by atoms with Gasteiger partial charge in [-0.2, -0.15) is 4.31 Å². The molecule has 34 heavy (non-hydrogen) atoms. The second-order valence-corrected chi connectivity index (χ2v) is 10.9. The van der Waals surface area contributed by atoms with Gasteiger partial charge >= 0.3 is 0 Å². The molecule has 0 bridgehead atoms. The average molecular weight is 501 g/mol. The highest BCUT2D eigenvalue weighted by Crippen LogP contribution is 2.29. The number of carbonyl (C=O) groups is 1. The summed E-state index contributed by atoms with van der Waals surface area (Å²) in [5, 5.41) is 11.6. The van der Waals surface area contributed by atoms with Crippen molar-refractivity contribution in [3.05, 3.63) is 60.2 Å². The predicted molar refractivity (Wildman–Crippen MR) is 133 cm³/mol. The molecule has 0 radical (unpaired) electrons. The van der Waals surface area contributed by atoms with Crippen LogP contribution in [0.4, 0.5) is 11.6 Å². The van der Waals surface area contributed by atoms with Crippen LogP contribution in [-0.2, 0) is 20.6 Å². The Kier molecular flexibility index (Phi) is 7.54. The number of aromatic nitrogens is 3. The number of thioether (sulfide) groups is 1. The Labute approximate surface area is 203 Å². The summed E-state index contributed by atoms with van der Waals surface area (Å²) in [5.74, 6) is 0.569. The molecule has 3 aromatic rings. The molecule has 4 rings (SSSR count). The van der Waals surface area contributed by atoms with E-state index in [2.05, 4.69) is 15.5 Å². The fourth-order valence-electron chi connectivity index (χ4n) is 3.90. The first-order valence-corrected chi connectivity index (χ1v) is 13.6. The fraction of sp³-hybridized carbons (Fsp3) is 0.348. The molecule has 1 atom stereocenters. The number of rotatable bonds is 9. The lowest BCUT2D eigenvalue weighted by Crippen LogP contribution is -2.28. The van der Waals surface area contributed by atoms with Gasteiger partial charge in [-0.15, -0.1) is 10.2 Å². The van der Waals surface area contributed by atoms with Crippen molar-refractivity contribution in [1.82, 2.24) is 19.1 Å². The number of carbonyl (C=O) groups excluding carboxylic acids is 1. The van der Waals surface area contributed by atoms with E-state index in [0.717, 1.165) is 18.4 Å². The van der Waals surface area contributed by atoms with E-state index in [0.29, 0.717) is 36.1 Å². The molecule has 0 spiro atoms. The SMILES string of the molecule is CCC(C(=O)Nc1ccc(S(=O)(=O)N2CCCC2)cc1)n1c(N)nnc1SCc1ccccc1. The van der Waals surface area contributed by atoms with Crippen molar-refractivity contribution in [3.8, 4) is 0 Å². The van der Waals surface area contributed by atoms with Gasteiger partial charge in [-0.25, -0.2) is 8.42 Å². The van der Waals surface area contributed by atoms with Crippen LogP contribution in [0, 0.1) is 0 Å². The Bertz CT molecular complexity index is 1220. The van der Waals surface area contributed by atoms with Gasteiger partial charge in [-0.3, -0.25) is 9.36 Å². The zero-order chi connectivity index (χ0) is 24.1. The minimum atomic E-state index is -3.50. The monoisotopic (exact) mass is 500 g/mol. The number of nitrogens with two attached hydrogens (primary N) is 1. The summed E-state index contributed by atoms with van der Waals surface area (Å²) in [6.07, 6.45) is 2.24. The zero-order valence-electron chi connectivity index (χ0n) is 18.9. The number of anilines is 2. The summed E-state index contributed by atoms with van der Waals surface area (Å²) in [6, 6.07) is 15.6. The van der Waals surface area contributed by atoms with Crippen molar-refractivity contribution >= 4 is 39.3 Å². The van der Waals surface area contributed by atoms with Crippen LogP contribution in [0.1, 0.15) is 37.8 Å². The van der Waals surface area contributed by atoms with Crippen LogP contribution in [0.25, 0.3) is 0 Å². The number of sulfonamides is 1. The first-order chi connectivity index (χ1) is 16.4. The topological polar surface area (TPSA) is 123 Å². The standard InChI is InChI=1S/C23H28N6O3S2/c1-2-20(29-22(24)26-27-23(29)33-16-17-8-4-3-5-9-17)21(30)25-18-10-12-19(13-11-18)34(31,32)28-14-6-7-15-28/h3-5,8-13,20H,2,6-7,14-16H2,1H3,(H2,24,26)(H,25,30). The highest BCUT2D eigenvalue weighted by molar-refractivity contribution is 7.98. The highest BCUT2D eigenvalue weighted by atomic mass is 32.2. The molecule has 9 nitrogen and oxygen atoms in total. The van der Waals surface area contributed by atoms with Gasteiger partial charge in [0.2, 0.25) is 21.9 Å². The van der Waals surface area contributed by atoms with Gasteiger partial charge in [-0.1, -0.05) is 49.0 Å². The largest absolute Gasteiger partial charge is 0.368 e. The van der Waals surface area contributed by atoms with Gasteiger partial charge in [0.05, 0.1) is 4.90 Å². The summed E-state index contributed by atoms with van der Waals surface area (Å²) in [7, 11) is -3.50. The van der Waals surface area contributed by atoms with Gasteiger partial charge in [-0.05, 0) is 49.1 Å². The van der Waals surface area contributed by atoms with Crippen molar-refractivity contribution in [1.29, 1.82) is 0 Å². The maximum absolute atomic E-state index is 13.1. The van der Waals surface area contributed by atoms with E-state index < -0.39 is 16.1 Å². The average Bonchev–Trinajstić information content (AvgIpc) is 3.51. The highest BCUT2D eigenvalue weighted by Gasteiger charge is 2.28. The molecule has 3 N–H and O–H groups in total. The lowest BCUT2D eigenvalue weighted by atomic mass is 10.2. The molecule has 0 aliphatic carbocycles. The van der Waals surface area contributed by atoms with E-state index in [-0.39, 0.29) is 16.8 Å². The summed E-state index contributed by atoms with van der Waals surface area (Å²) in [6.45, 7) is 2.98. The Balaban J connectivity index is 1.47. The lowest BCUT2D eigenvalue weighted by molar-refractivity contribution is -0.119. The Hall–Kier alpha value is -2.89. The number of hydrogen-bond acceptors (Lipinski definition) is 7. The van der Waals surface area contributed by atoms with E-state index >= 15 is 0 Å². The van der Waals surface area contributed by atoms with Gasteiger partial charge < -0.3 is 11.1 Å². The van der Waals surface area contributed by atoms with Gasteiger partial charge in [0.1, 0.15) is 6.04 Å². The maximum Gasteiger partial charge on any atom is 0.247 e. The molecule has 1 saturated heterocycles. The van der Waals surface area contributed by atoms with Crippen LogP contribution >= 0.6 is 11.8 Å². The molecule has 1 fully saturated rings. The lowest BCUT2D eigenvalue weighted by Gasteiger charge is -2.19. The van der Waals surface area contributed by atoms with E-state index in [4.69, 9.17) is 5.73 Å². The normalized spacial score (nSPS) is 15.3. The third-order valence-electron chi connectivity index (χ3n) is 5.73. The van der Waals surface area contributed by atoms with Crippen LogP contribution in [0.2, 0.25) is 0 Å². The first-order valence-electron chi connectivity index (χ1n) is 11.2. The molecule has 11 heteroatoms. The quantitative estimate of drug-likeness (QED) is 0.431. The van der Waals surface area contributed by atoms with Crippen LogP contribution in [0.5, 0.6) is 0 Å². The molecule has 2 aromatic carbocycles. The van der Waals surface area contributed by atoms with Crippen molar-refractivity contribution in [3.63, 3.8) is 0 Å². The van der Waals surface area contributed by atoms with Gasteiger partial charge in [0, 0.05) is 24.5 Å². The third-order valence-corrected chi connectivity index (χ3v) is 8.65. The first kappa shape index (κ1) is 24.2. The van der Waals surface area contributed by atoms with Crippen molar-refractivity contribution < 1.29 is 13.2 Å². The molecular formula is C23H28N6O3S2. The summed E-state index contributed by atoms with van der Waals surface area (Å²) >= 11 is 1.46. The van der Waals surface area contributed by atoms with Gasteiger partial charge in [0.15, 0.2) is 5.16 Å². The van der Waals surface area contributed by atoms with Crippen molar-refractivity contribution in [2.45, 2.75) is 48.0 Å². The van der Waals surface area contributed by atoms with Crippen molar-refractivity contribution in [2.24, 2.45) is 0 Å². The third kappa shape index (κ3) is 5.26. The maximum atomic E-state index is 13.1. The Morgan fingerprint density at radius 3 is 2.41 bits per heavy atom. The number of nitrogen functional groups attached to an aromatic ring is 1. The number of hydrogen-bond donors (Lipinski definition) is 2. The summed E-state index contributed by atoms with van der Waals surface area (Å²) < 4.78 is 28.6. The number of nitrogens with one attached hydrogen (secondary N) is 1. The van der Waals surface area contributed by atoms with Crippen LogP contribution in [-0.4, -0.2) is 46.5 Å². The second kappa shape index (κ2) is 10.6. The molecule has 1 unspecified atom stereocenters. The smallest absolute Gasteiger partial charge is 0.247 e. The van der Waals surface area contributed by atoms with Crippen LogP contribution in [0.15, 0.2) is 64.6 Å². The van der Waals surface area contributed by atoms with E-state index in [9.17, 15) is 13.2 Å². The zero-order valence-corrected chi connectivity index (χ0v) is 20.6. The molecule has 2 heterocycles. The molecule has 1 aliphatic rings. The minimum Gasteiger partial charge on any atom is -0.368 e. The van der Waals surface area contributed by atoms with Crippen LogP contribution < -0.4 is 11.1 Å². The van der Waals surface area contributed by atoms with Crippen LogP contribution in [0.3, 0.4) is 0 Å². The molecule has 1 amide bonds. The Morgan fingerprint density at radius 1 is 1.09 bits per heavy atom. The number of benzene rings is 2. The molecule has 1 aliphatic heterocycles. The second-order valence-electron chi connectivity index (χ2n) is 8.03. The van der Waals surface area contributed by atoms with E-state index in [1.807, 2.05) is 37.3 Å². The summed E-state index contributed by atoms with van der Waals surface area (Å²) in [5.41, 5.74) is 7.71. The minimum absolute atomic E-state index is 0.171. The molecule has 0 saturated carbocycles. The van der Waals surface area contributed by atoms with E-state index in [1.165, 1.54) is 28.2 Å². The number of nitrogens with zero attached hydrogens (tertiary/aromatic N) is 4. The summed E-state index contributed by atoms with van der Waals surface area (Å²) in [4.78, 5) is 13.4. The molecule has 180 valence electrons. The van der Waals surface area contributed by atoms with Crippen molar-refractivity contribution in [2.75, 3.05) is 24.1 Å². The van der Waals surface area contributed by atoms with Gasteiger partial charge in [0.25, 0.3) is 0 Å².